The summed E-state index contributed by atoms with van der Waals surface area (Å²) in [4.78, 5) is 26.4. The van der Waals surface area contributed by atoms with Gasteiger partial charge in [0.2, 0.25) is 11.8 Å². The van der Waals surface area contributed by atoms with Gasteiger partial charge in [0.15, 0.2) is 0 Å². The molecule has 0 unspecified atom stereocenters. The van der Waals surface area contributed by atoms with Crippen LogP contribution in [0.4, 0.5) is 25.2 Å². The molecule has 2 aromatic heterocycles. The van der Waals surface area contributed by atoms with Gasteiger partial charge in [-0.3, -0.25) is 4.90 Å². The lowest BCUT2D eigenvalue weighted by Crippen LogP contribution is -2.45. The summed E-state index contributed by atoms with van der Waals surface area (Å²) >= 11 is 0. The van der Waals surface area contributed by atoms with E-state index >= 15 is 0 Å². The van der Waals surface area contributed by atoms with Crippen molar-refractivity contribution in [2.45, 2.75) is 13.0 Å². The monoisotopic (exact) mass is 436 g/mol. The van der Waals surface area contributed by atoms with Crippen LogP contribution in [0.5, 0.6) is 5.88 Å². The lowest BCUT2D eigenvalue weighted by molar-refractivity contribution is 0.235. The molecule has 0 fully saturated rings. The van der Waals surface area contributed by atoms with Gasteiger partial charge < -0.3 is 15.8 Å². The van der Waals surface area contributed by atoms with Crippen LogP contribution in [0.2, 0.25) is 0 Å². The Morgan fingerprint density at radius 1 is 1.16 bits per heavy atom. The predicted octanol–water partition coefficient (Wildman–Crippen LogP) is 2.80. The Labute approximate surface area is 182 Å². The highest BCUT2D eigenvalue weighted by Gasteiger charge is 2.26. The molecule has 0 spiro atoms. The average molecular weight is 436 g/mol. The zero-order valence-corrected chi connectivity index (χ0v) is 17.0. The molecule has 4 rings (SSSR count). The number of nitrogens with two attached hydrogens (primary N) is 1. The topological polar surface area (TPSA) is 106 Å². The Kier molecular flexibility index (Phi) is 5.81. The molecule has 32 heavy (non-hydrogen) atoms. The molecule has 0 saturated heterocycles. The van der Waals surface area contributed by atoms with Crippen molar-refractivity contribution in [1.29, 1.82) is 0 Å². The third-order valence-electron chi connectivity index (χ3n) is 4.71. The van der Waals surface area contributed by atoms with Crippen LogP contribution in [0.1, 0.15) is 29.7 Å². The number of halogens is 2. The first-order valence-electron chi connectivity index (χ1n) is 9.66. The summed E-state index contributed by atoms with van der Waals surface area (Å²) in [7, 11) is 0. The highest BCUT2D eigenvalue weighted by atomic mass is 19.1. The van der Waals surface area contributed by atoms with Crippen molar-refractivity contribution in [3.05, 3.63) is 71.2 Å². The van der Waals surface area contributed by atoms with Gasteiger partial charge in [-0.1, -0.05) is 17.9 Å². The number of rotatable bonds is 2. The maximum Gasteiger partial charge on any atom is 0.322 e. The maximum absolute atomic E-state index is 14.1. The van der Waals surface area contributed by atoms with Crippen LogP contribution >= 0.6 is 0 Å². The molecular formula is C22H18F2N6O2. The number of aromatic nitrogens is 3. The zero-order valence-electron chi connectivity index (χ0n) is 17.0. The molecular weight excluding hydrogens is 418 g/mol. The first-order valence-corrected chi connectivity index (χ1v) is 9.66. The summed E-state index contributed by atoms with van der Waals surface area (Å²) in [6, 6.07) is 3.75. The fraction of sp³-hybridized carbons (Fsp3) is 0.182. The van der Waals surface area contributed by atoms with E-state index in [4.69, 9.17) is 10.5 Å². The highest BCUT2D eigenvalue weighted by Crippen LogP contribution is 2.30. The number of nitrogen functional groups attached to an aromatic ring is 1. The van der Waals surface area contributed by atoms with Gasteiger partial charge in [0.05, 0.1) is 18.2 Å². The molecule has 1 aromatic carbocycles. The second kappa shape index (κ2) is 8.85. The Morgan fingerprint density at radius 3 is 2.62 bits per heavy atom. The van der Waals surface area contributed by atoms with E-state index in [2.05, 4.69) is 32.1 Å². The average Bonchev–Trinajstić information content (AvgIpc) is 2.78. The Bertz CT molecular complexity index is 1220. The number of pyridine rings is 1. The van der Waals surface area contributed by atoms with Gasteiger partial charge >= 0.3 is 6.03 Å². The largest absolute Gasteiger partial charge is 0.474 e. The van der Waals surface area contributed by atoms with Crippen LogP contribution < -0.4 is 20.7 Å². The SMILES string of the molecule is C[C@H](NC(=O)N1CCOc2ncc(C#Cc3cnc(N)nc3)cc21)c1ccc(F)cc1F. The van der Waals surface area contributed by atoms with Crippen LogP contribution in [0, 0.1) is 23.5 Å². The fourth-order valence-corrected chi connectivity index (χ4v) is 3.12. The van der Waals surface area contributed by atoms with Crippen molar-refractivity contribution >= 4 is 17.7 Å². The summed E-state index contributed by atoms with van der Waals surface area (Å²) < 4.78 is 32.8. The third-order valence-corrected chi connectivity index (χ3v) is 4.71. The van der Waals surface area contributed by atoms with E-state index in [-0.39, 0.29) is 30.5 Å². The van der Waals surface area contributed by atoms with Crippen LogP contribution in [0.15, 0.2) is 42.9 Å². The second-order valence-electron chi connectivity index (χ2n) is 6.97. The minimum atomic E-state index is -0.731. The fourth-order valence-electron chi connectivity index (χ4n) is 3.12. The van der Waals surface area contributed by atoms with Crippen LogP contribution in [0.25, 0.3) is 0 Å². The normalized spacial score (nSPS) is 13.3. The van der Waals surface area contributed by atoms with Crippen molar-refractivity contribution in [2.75, 3.05) is 23.8 Å². The maximum atomic E-state index is 14.1. The van der Waals surface area contributed by atoms with Crippen molar-refractivity contribution in [3.8, 4) is 17.7 Å². The summed E-state index contributed by atoms with van der Waals surface area (Å²) in [5.41, 5.74) is 7.18. The van der Waals surface area contributed by atoms with Gasteiger partial charge in [-0.2, -0.15) is 0 Å². The van der Waals surface area contributed by atoms with E-state index in [1.54, 1.807) is 13.0 Å². The standard InChI is InChI=1S/C22H18F2N6O2/c1-13(17-5-4-16(23)9-18(17)24)29-22(31)30-6-7-32-20-19(30)8-14(10-26-20)2-3-15-11-27-21(25)28-12-15/h4-5,8-13H,6-7H2,1H3,(H,29,31)(H2,25,27,28)/t13-/m0/s1. The van der Waals surface area contributed by atoms with Crippen LogP contribution in [-0.4, -0.2) is 34.1 Å². The molecule has 10 heteroatoms. The molecule has 1 atom stereocenters. The number of carbonyl (C=O) groups excluding carboxylic acids is 1. The molecule has 1 aliphatic rings. The summed E-state index contributed by atoms with van der Waals surface area (Å²) in [6.45, 7) is 2.13. The number of ether oxygens (including phenoxy) is 1. The van der Waals surface area contributed by atoms with Gasteiger partial charge in [-0.25, -0.2) is 28.5 Å². The molecule has 8 nitrogen and oxygen atoms in total. The lowest BCUT2D eigenvalue weighted by Gasteiger charge is -2.30. The molecule has 3 heterocycles. The van der Waals surface area contributed by atoms with Gasteiger partial charge in [0.25, 0.3) is 0 Å². The van der Waals surface area contributed by atoms with E-state index in [9.17, 15) is 13.6 Å². The van der Waals surface area contributed by atoms with E-state index in [0.29, 0.717) is 16.8 Å². The molecule has 3 aromatic rings. The number of carbonyl (C=O) groups is 1. The smallest absolute Gasteiger partial charge is 0.322 e. The first-order chi connectivity index (χ1) is 15.4. The number of nitrogens with one attached hydrogen (secondary N) is 1. The molecule has 0 radical (unpaired) electrons. The molecule has 162 valence electrons. The van der Waals surface area contributed by atoms with Crippen molar-refractivity contribution in [3.63, 3.8) is 0 Å². The minimum Gasteiger partial charge on any atom is -0.474 e. The lowest BCUT2D eigenvalue weighted by atomic mass is 10.1. The van der Waals surface area contributed by atoms with Crippen LogP contribution in [-0.2, 0) is 0 Å². The molecule has 2 amide bonds. The Hall–Kier alpha value is -4.26. The second-order valence-corrected chi connectivity index (χ2v) is 6.97. The molecule has 3 N–H and O–H groups in total. The predicted molar refractivity (Wildman–Crippen MR) is 113 cm³/mol. The van der Waals surface area contributed by atoms with E-state index < -0.39 is 23.7 Å². The quantitative estimate of drug-likeness (QED) is 0.599. The van der Waals surface area contributed by atoms with E-state index in [1.165, 1.54) is 29.6 Å². The summed E-state index contributed by atoms with van der Waals surface area (Å²) in [6.07, 6.45) is 4.53. The zero-order chi connectivity index (χ0) is 22.7. The molecule has 0 aliphatic carbocycles. The van der Waals surface area contributed by atoms with Crippen molar-refractivity contribution < 1.29 is 18.3 Å². The number of hydrogen-bond acceptors (Lipinski definition) is 6. The highest BCUT2D eigenvalue weighted by molar-refractivity contribution is 5.94. The number of benzene rings is 1. The first kappa shape index (κ1) is 21.0. The number of hydrogen-bond donors (Lipinski definition) is 2. The van der Waals surface area contributed by atoms with Gasteiger partial charge in [-0.15, -0.1) is 0 Å². The number of urea groups is 1. The Morgan fingerprint density at radius 2 is 1.88 bits per heavy atom. The third kappa shape index (κ3) is 4.57. The molecule has 0 bridgehead atoms. The minimum absolute atomic E-state index is 0.152. The molecule has 0 saturated carbocycles. The van der Waals surface area contributed by atoms with Gasteiger partial charge in [0, 0.05) is 35.8 Å². The van der Waals surface area contributed by atoms with Crippen molar-refractivity contribution in [1.82, 2.24) is 20.3 Å². The van der Waals surface area contributed by atoms with Gasteiger partial charge in [0.1, 0.15) is 23.9 Å². The summed E-state index contributed by atoms with van der Waals surface area (Å²) in [5, 5.41) is 2.73. The number of amides is 2. The summed E-state index contributed by atoms with van der Waals surface area (Å²) in [5.74, 6) is 4.86. The number of nitrogens with zero attached hydrogens (tertiary/aromatic N) is 4. The van der Waals surface area contributed by atoms with E-state index in [1.807, 2.05) is 0 Å². The number of fused-ring (bicyclic) bond motifs is 1. The van der Waals surface area contributed by atoms with Crippen LogP contribution in [0.3, 0.4) is 0 Å². The van der Waals surface area contributed by atoms with Crippen molar-refractivity contribution in [2.24, 2.45) is 0 Å². The van der Waals surface area contributed by atoms with Gasteiger partial charge in [-0.05, 0) is 19.1 Å². The Balaban J connectivity index is 1.55. The van der Waals surface area contributed by atoms with E-state index in [0.717, 1.165) is 12.1 Å². The molecule has 1 aliphatic heterocycles. The number of anilines is 2.